The highest BCUT2D eigenvalue weighted by atomic mass is 79.9. The molecular formula is C15H8BrClF2N2. The summed E-state index contributed by atoms with van der Waals surface area (Å²) in [6, 6.07) is 9.63. The van der Waals surface area contributed by atoms with Crippen LogP contribution in [-0.4, -0.2) is 9.97 Å². The Hall–Kier alpha value is -1.59. The Kier molecular flexibility index (Phi) is 3.87. The van der Waals surface area contributed by atoms with Gasteiger partial charge in [0, 0.05) is 10.9 Å². The molecule has 0 spiro atoms. The number of rotatable bonds is 2. The molecule has 3 rings (SSSR count). The number of aromatic nitrogens is 2. The number of fused-ring (bicyclic) bond motifs is 1. The van der Waals surface area contributed by atoms with E-state index in [1.165, 1.54) is 6.07 Å². The molecule has 1 heterocycles. The highest BCUT2D eigenvalue weighted by molar-refractivity contribution is 9.08. The first-order valence-corrected chi connectivity index (χ1v) is 7.57. The Morgan fingerprint density at radius 1 is 1.05 bits per heavy atom. The van der Waals surface area contributed by atoms with Crippen LogP contribution in [0.15, 0.2) is 36.4 Å². The summed E-state index contributed by atoms with van der Waals surface area (Å²) in [5.74, 6) is -1.93. The van der Waals surface area contributed by atoms with E-state index in [-0.39, 0.29) is 11.0 Å². The first kappa shape index (κ1) is 14.4. The van der Waals surface area contributed by atoms with Gasteiger partial charge in [0.05, 0.1) is 21.9 Å². The van der Waals surface area contributed by atoms with Crippen molar-refractivity contribution >= 4 is 38.6 Å². The fourth-order valence-corrected chi connectivity index (χ4v) is 2.68. The average Bonchev–Trinajstić information content (AvgIpc) is 2.50. The first-order valence-electron chi connectivity index (χ1n) is 6.07. The van der Waals surface area contributed by atoms with Gasteiger partial charge in [-0.25, -0.2) is 18.7 Å². The third-order valence-electron chi connectivity index (χ3n) is 3.06. The minimum absolute atomic E-state index is 0.0831. The molecule has 1 aromatic heterocycles. The molecule has 0 radical (unpaired) electrons. The molecule has 0 amide bonds. The van der Waals surface area contributed by atoms with Crippen molar-refractivity contribution in [3.63, 3.8) is 0 Å². The average molecular weight is 370 g/mol. The maximum atomic E-state index is 13.8. The molecule has 106 valence electrons. The minimum atomic E-state index is -0.993. The van der Waals surface area contributed by atoms with Gasteiger partial charge in [0.25, 0.3) is 0 Å². The molecule has 0 saturated heterocycles. The Morgan fingerprint density at radius 2 is 1.81 bits per heavy atom. The van der Waals surface area contributed by atoms with E-state index in [0.717, 1.165) is 6.07 Å². The van der Waals surface area contributed by atoms with Crippen LogP contribution in [0.5, 0.6) is 0 Å². The van der Waals surface area contributed by atoms with Crippen molar-refractivity contribution in [3.05, 3.63) is 58.7 Å². The SMILES string of the molecule is Fc1ccc2nc(-c3ccccc3Cl)c(CBr)nc2c1F. The van der Waals surface area contributed by atoms with Crippen molar-refractivity contribution in [2.24, 2.45) is 0 Å². The van der Waals surface area contributed by atoms with Gasteiger partial charge in [-0.05, 0) is 18.2 Å². The van der Waals surface area contributed by atoms with Gasteiger partial charge < -0.3 is 0 Å². The number of halogens is 4. The second kappa shape index (κ2) is 5.66. The maximum absolute atomic E-state index is 13.8. The van der Waals surface area contributed by atoms with E-state index in [1.54, 1.807) is 6.07 Å². The number of alkyl halides is 1. The summed E-state index contributed by atoms with van der Waals surface area (Å²) >= 11 is 9.48. The second-order valence-electron chi connectivity index (χ2n) is 4.36. The van der Waals surface area contributed by atoms with Crippen molar-refractivity contribution in [2.75, 3.05) is 0 Å². The van der Waals surface area contributed by atoms with Crippen LogP contribution in [-0.2, 0) is 5.33 Å². The lowest BCUT2D eigenvalue weighted by atomic mass is 10.1. The summed E-state index contributed by atoms with van der Waals surface area (Å²) in [5.41, 5.74) is 1.96. The molecule has 21 heavy (non-hydrogen) atoms. The van der Waals surface area contributed by atoms with Gasteiger partial charge in [-0.3, -0.25) is 0 Å². The monoisotopic (exact) mass is 368 g/mol. The van der Waals surface area contributed by atoms with Crippen LogP contribution in [0.3, 0.4) is 0 Å². The molecule has 0 aliphatic rings. The molecule has 0 saturated carbocycles. The fraction of sp³-hybridized carbons (Fsp3) is 0.0667. The molecule has 0 N–H and O–H groups in total. The van der Waals surface area contributed by atoms with Crippen molar-refractivity contribution in [1.82, 2.24) is 9.97 Å². The van der Waals surface area contributed by atoms with Crippen LogP contribution >= 0.6 is 27.5 Å². The number of hydrogen-bond acceptors (Lipinski definition) is 2. The van der Waals surface area contributed by atoms with E-state index in [0.29, 0.717) is 27.3 Å². The summed E-state index contributed by atoms with van der Waals surface area (Å²) < 4.78 is 27.1. The van der Waals surface area contributed by atoms with Gasteiger partial charge in [0.15, 0.2) is 11.6 Å². The van der Waals surface area contributed by atoms with Crippen LogP contribution in [0, 0.1) is 11.6 Å². The number of benzene rings is 2. The maximum Gasteiger partial charge on any atom is 0.186 e. The van der Waals surface area contributed by atoms with E-state index >= 15 is 0 Å². The van der Waals surface area contributed by atoms with Gasteiger partial charge >= 0.3 is 0 Å². The molecule has 2 nitrogen and oxygen atoms in total. The quantitative estimate of drug-likeness (QED) is 0.586. The van der Waals surface area contributed by atoms with Gasteiger partial charge in [-0.1, -0.05) is 45.7 Å². The van der Waals surface area contributed by atoms with Crippen LogP contribution in [0.2, 0.25) is 5.02 Å². The smallest absolute Gasteiger partial charge is 0.186 e. The normalized spacial score (nSPS) is 11.0. The topological polar surface area (TPSA) is 25.8 Å². The minimum Gasteiger partial charge on any atom is -0.245 e. The van der Waals surface area contributed by atoms with E-state index < -0.39 is 11.6 Å². The van der Waals surface area contributed by atoms with Gasteiger partial charge in [0.2, 0.25) is 0 Å². The summed E-state index contributed by atoms with van der Waals surface area (Å²) in [6.07, 6.45) is 0. The fourth-order valence-electron chi connectivity index (χ4n) is 2.06. The third kappa shape index (κ3) is 2.51. The first-order chi connectivity index (χ1) is 10.1. The number of nitrogens with zero attached hydrogens (tertiary/aromatic N) is 2. The largest absolute Gasteiger partial charge is 0.245 e. The molecule has 3 aromatic rings. The van der Waals surface area contributed by atoms with Crippen LogP contribution in [0.1, 0.15) is 5.69 Å². The highest BCUT2D eigenvalue weighted by Crippen LogP contribution is 2.31. The lowest BCUT2D eigenvalue weighted by molar-refractivity contribution is 0.515. The predicted molar refractivity (Wildman–Crippen MR) is 82.5 cm³/mol. The summed E-state index contributed by atoms with van der Waals surface area (Å²) in [7, 11) is 0. The molecule has 6 heteroatoms. The number of hydrogen-bond donors (Lipinski definition) is 0. The molecular weight excluding hydrogens is 362 g/mol. The Morgan fingerprint density at radius 3 is 2.52 bits per heavy atom. The van der Waals surface area contributed by atoms with Crippen LogP contribution in [0.4, 0.5) is 8.78 Å². The molecule has 0 fully saturated rings. The molecule has 0 atom stereocenters. The van der Waals surface area contributed by atoms with Crippen LogP contribution in [0.25, 0.3) is 22.3 Å². The summed E-state index contributed by atoms with van der Waals surface area (Å²) in [5, 5.41) is 0.878. The molecule has 0 unspecified atom stereocenters. The van der Waals surface area contributed by atoms with Crippen molar-refractivity contribution in [3.8, 4) is 11.3 Å². The van der Waals surface area contributed by atoms with E-state index in [2.05, 4.69) is 25.9 Å². The zero-order valence-corrected chi connectivity index (χ0v) is 12.9. The van der Waals surface area contributed by atoms with E-state index in [1.807, 2.05) is 18.2 Å². The second-order valence-corrected chi connectivity index (χ2v) is 5.33. The zero-order chi connectivity index (χ0) is 15.0. The van der Waals surface area contributed by atoms with Gasteiger partial charge in [0.1, 0.15) is 5.52 Å². The summed E-state index contributed by atoms with van der Waals surface area (Å²) in [6.45, 7) is 0. The van der Waals surface area contributed by atoms with Crippen LogP contribution < -0.4 is 0 Å². The lowest BCUT2D eigenvalue weighted by Crippen LogP contribution is -2.00. The lowest BCUT2D eigenvalue weighted by Gasteiger charge is -2.10. The highest BCUT2D eigenvalue weighted by Gasteiger charge is 2.16. The Bertz CT molecular complexity index is 839. The third-order valence-corrected chi connectivity index (χ3v) is 3.92. The molecule has 0 aliphatic carbocycles. The van der Waals surface area contributed by atoms with Gasteiger partial charge in [-0.2, -0.15) is 0 Å². The standard InChI is InChI=1S/C15H8BrClF2N2/c16-7-12-14(8-3-1-2-4-9(8)17)20-11-6-5-10(18)13(19)15(11)21-12/h1-6H,7H2. The predicted octanol–water partition coefficient (Wildman–Crippen LogP) is 5.12. The molecule has 0 aliphatic heterocycles. The van der Waals surface area contributed by atoms with Crippen molar-refractivity contribution < 1.29 is 8.78 Å². The molecule has 2 aromatic carbocycles. The van der Waals surface area contributed by atoms with E-state index in [4.69, 9.17) is 11.6 Å². The van der Waals surface area contributed by atoms with E-state index in [9.17, 15) is 8.78 Å². The van der Waals surface area contributed by atoms with Crippen molar-refractivity contribution in [2.45, 2.75) is 5.33 Å². The molecule has 0 bridgehead atoms. The summed E-state index contributed by atoms with van der Waals surface area (Å²) in [4.78, 5) is 8.58. The Labute approximate surface area is 132 Å². The Balaban J connectivity index is 2.34. The van der Waals surface area contributed by atoms with Crippen molar-refractivity contribution in [1.29, 1.82) is 0 Å². The zero-order valence-electron chi connectivity index (χ0n) is 10.6. The van der Waals surface area contributed by atoms with Gasteiger partial charge in [-0.15, -0.1) is 0 Å².